The fraction of sp³-hybridized carbons (Fsp3) is 0.314. The van der Waals surface area contributed by atoms with Crippen LogP contribution in [0.2, 0.25) is 0 Å². The van der Waals surface area contributed by atoms with Gasteiger partial charge in [0.25, 0.3) is 5.91 Å². The molecule has 1 amide bonds. The number of halogens is 2. The molecule has 9 nitrogen and oxygen atoms in total. The average molecular weight is 679 g/mol. The molecule has 1 aromatic heterocycles. The number of carbonyl (C=O) groups is 2. The summed E-state index contributed by atoms with van der Waals surface area (Å²) in [5.74, 6) is -1.94. The topological polar surface area (TPSA) is 130 Å². The molecule has 0 radical (unpaired) electrons. The van der Waals surface area contributed by atoms with E-state index in [-0.39, 0.29) is 65.9 Å². The Balaban J connectivity index is 0.00000400. The standard InChI is InChI=1S/C35H38F2N2O7.Ca.2H/c1-20(2)33-32(35(44)38-28-14-13-27(45-3)19-29(28)46-4)31(21-5-9-23(36)10-6-21)34(22-7-11-24(37)12-8-22)39(33)16-15-25(40)17-26(41)18-30(42)43;;;/h5-14,19-20,25-26,40-41H,15-18H2,1-4H3,(H,38,44)(H,42,43);;;/q;+2;2*-1. The molecule has 0 aliphatic rings. The number of aliphatic carboxylic acids is 1. The van der Waals surface area contributed by atoms with Crippen molar-refractivity contribution in [1.82, 2.24) is 4.57 Å². The van der Waals surface area contributed by atoms with E-state index in [0.29, 0.717) is 50.8 Å². The number of aliphatic hydroxyl groups is 2. The monoisotopic (exact) mass is 678 g/mol. The number of hydrogen-bond donors (Lipinski definition) is 4. The van der Waals surface area contributed by atoms with Crippen molar-refractivity contribution in [1.29, 1.82) is 0 Å². The molecule has 0 spiro atoms. The van der Waals surface area contributed by atoms with Crippen molar-refractivity contribution in [3.63, 3.8) is 0 Å². The van der Waals surface area contributed by atoms with E-state index in [1.807, 2.05) is 18.4 Å². The number of nitrogens with zero attached hydrogens (tertiary/aromatic N) is 1. The van der Waals surface area contributed by atoms with Crippen LogP contribution in [0.4, 0.5) is 14.5 Å². The van der Waals surface area contributed by atoms with Gasteiger partial charge >= 0.3 is 43.7 Å². The van der Waals surface area contributed by atoms with Crippen LogP contribution in [0.3, 0.4) is 0 Å². The Morgan fingerprint density at radius 3 is 2.02 bits per heavy atom. The largest absolute Gasteiger partial charge is 2.00 e. The van der Waals surface area contributed by atoms with E-state index in [1.165, 1.54) is 38.5 Å². The molecule has 248 valence electrons. The number of rotatable bonds is 14. The van der Waals surface area contributed by atoms with Crippen LogP contribution in [0.25, 0.3) is 22.4 Å². The first kappa shape index (κ1) is 38.0. The third kappa shape index (κ3) is 9.33. The predicted molar refractivity (Wildman–Crippen MR) is 178 cm³/mol. The van der Waals surface area contributed by atoms with Crippen LogP contribution in [0, 0.1) is 11.6 Å². The van der Waals surface area contributed by atoms with E-state index >= 15 is 0 Å². The molecule has 4 aromatic rings. The third-order valence-corrected chi connectivity index (χ3v) is 7.63. The molecule has 0 saturated heterocycles. The second-order valence-corrected chi connectivity index (χ2v) is 11.3. The first-order valence-electron chi connectivity index (χ1n) is 14.8. The van der Waals surface area contributed by atoms with Gasteiger partial charge < -0.3 is 37.5 Å². The Morgan fingerprint density at radius 1 is 0.894 bits per heavy atom. The number of aliphatic hydroxyl groups excluding tert-OH is 2. The fourth-order valence-electron chi connectivity index (χ4n) is 5.59. The normalized spacial score (nSPS) is 12.3. The summed E-state index contributed by atoms with van der Waals surface area (Å²) in [5, 5.41) is 32.9. The maximum absolute atomic E-state index is 14.4. The van der Waals surface area contributed by atoms with Gasteiger partial charge in [0.05, 0.1) is 49.8 Å². The molecule has 0 fully saturated rings. The number of carboxylic acids is 1. The van der Waals surface area contributed by atoms with Gasteiger partial charge in [0, 0.05) is 23.9 Å². The Labute approximate surface area is 305 Å². The van der Waals surface area contributed by atoms with Crippen LogP contribution in [0.15, 0.2) is 66.7 Å². The molecular weight excluding hydrogens is 638 g/mol. The quantitative estimate of drug-likeness (QED) is 0.115. The second-order valence-electron chi connectivity index (χ2n) is 11.3. The maximum atomic E-state index is 14.4. The minimum atomic E-state index is -1.24. The van der Waals surface area contributed by atoms with E-state index in [4.69, 9.17) is 14.6 Å². The van der Waals surface area contributed by atoms with Crippen molar-refractivity contribution < 1.29 is 46.0 Å². The van der Waals surface area contributed by atoms with Gasteiger partial charge in [0.1, 0.15) is 23.1 Å². The Kier molecular flexibility index (Phi) is 13.8. The third-order valence-electron chi connectivity index (χ3n) is 7.63. The first-order valence-corrected chi connectivity index (χ1v) is 14.8. The summed E-state index contributed by atoms with van der Waals surface area (Å²) in [4.78, 5) is 25.4. The minimum Gasteiger partial charge on any atom is -1.00 e. The molecule has 0 saturated carbocycles. The summed E-state index contributed by atoms with van der Waals surface area (Å²) in [6, 6.07) is 16.4. The smallest absolute Gasteiger partial charge is 1.00 e. The van der Waals surface area contributed by atoms with Crippen LogP contribution in [-0.4, -0.2) is 95.9 Å². The molecule has 2 atom stereocenters. The summed E-state index contributed by atoms with van der Waals surface area (Å²) in [5.41, 5.74) is 3.39. The number of amides is 1. The summed E-state index contributed by atoms with van der Waals surface area (Å²) in [7, 11) is 2.98. The number of carbonyl (C=O) groups excluding carboxylic acids is 1. The van der Waals surface area contributed by atoms with Crippen molar-refractivity contribution in [3.8, 4) is 33.9 Å². The van der Waals surface area contributed by atoms with E-state index in [9.17, 15) is 28.6 Å². The van der Waals surface area contributed by atoms with Crippen LogP contribution >= 0.6 is 0 Å². The number of nitrogens with one attached hydrogen (secondary N) is 1. The van der Waals surface area contributed by atoms with Gasteiger partial charge in [-0.2, -0.15) is 0 Å². The number of benzene rings is 3. The van der Waals surface area contributed by atoms with Gasteiger partial charge in [-0.3, -0.25) is 9.59 Å². The molecular formula is C35H40CaF2N2O7. The summed E-state index contributed by atoms with van der Waals surface area (Å²) < 4.78 is 40.9. The van der Waals surface area contributed by atoms with Crippen molar-refractivity contribution in [2.45, 2.75) is 57.8 Å². The predicted octanol–water partition coefficient (Wildman–Crippen LogP) is 6.31. The molecule has 3 aromatic carbocycles. The molecule has 0 aliphatic heterocycles. The van der Waals surface area contributed by atoms with E-state index in [2.05, 4.69) is 5.32 Å². The SMILES string of the molecule is COc1ccc(NC(=O)c2c(-c3ccc(F)cc3)c(-c3ccc(F)cc3)n(CCC(O)CC(O)CC(=O)O)c2C(C)C)c(OC)c1.[Ca+2].[H-].[H-]. The van der Waals surface area contributed by atoms with Gasteiger partial charge in [-0.25, -0.2) is 8.78 Å². The average Bonchev–Trinajstić information content (AvgIpc) is 3.36. The van der Waals surface area contributed by atoms with Gasteiger partial charge in [-0.1, -0.05) is 26.0 Å². The fourth-order valence-corrected chi connectivity index (χ4v) is 5.59. The summed E-state index contributed by atoms with van der Waals surface area (Å²) in [6.45, 7) is 3.98. The Bertz CT molecular complexity index is 1690. The maximum Gasteiger partial charge on any atom is 2.00 e. The number of ether oxygens (including phenoxy) is 2. The van der Waals surface area contributed by atoms with Gasteiger partial charge in [0.2, 0.25) is 0 Å². The Morgan fingerprint density at radius 2 is 1.49 bits per heavy atom. The van der Waals surface area contributed by atoms with Crippen molar-refractivity contribution >= 4 is 55.3 Å². The Hall–Kier alpha value is -3.48. The number of anilines is 1. The van der Waals surface area contributed by atoms with Crippen LogP contribution in [0.5, 0.6) is 11.5 Å². The molecule has 2 unspecified atom stereocenters. The van der Waals surface area contributed by atoms with Crippen LogP contribution < -0.4 is 14.8 Å². The van der Waals surface area contributed by atoms with Crippen molar-refractivity contribution in [2.24, 2.45) is 0 Å². The molecule has 12 heteroatoms. The van der Waals surface area contributed by atoms with Crippen molar-refractivity contribution in [2.75, 3.05) is 19.5 Å². The molecule has 0 aliphatic carbocycles. The molecule has 4 rings (SSSR count). The van der Waals surface area contributed by atoms with Gasteiger partial charge in [-0.15, -0.1) is 0 Å². The zero-order chi connectivity index (χ0) is 33.5. The van der Waals surface area contributed by atoms with Gasteiger partial charge in [0.15, 0.2) is 0 Å². The minimum absolute atomic E-state index is 0. The molecule has 4 N–H and O–H groups in total. The summed E-state index contributed by atoms with van der Waals surface area (Å²) >= 11 is 0. The second kappa shape index (κ2) is 17.1. The number of aromatic nitrogens is 1. The van der Waals surface area contributed by atoms with E-state index in [1.54, 1.807) is 42.5 Å². The summed E-state index contributed by atoms with van der Waals surface area (Å²) in [6.07, 6.45) is -2.87. The molecule has 0 bridgehead atoms. The van der Waals surface area contributed by atoms with Crippen LogP contribution in [0.1, 0.15) is 57.9 Å². The van der Waals surface area contributed by atoms with Crippen LogP contribution in [-0.2, 0) is 11.3 Å². The zero-order valence-electron chi connectivity index (χ0n) is 28.8. The van der Waals surface area contributed by atoms with E-state index < -0.39 is 42.1 Å². The number of carboxylic acid groups (broad SMARTS) is 1. The number of methoxy groups -OCH3 is 2. The zero-order valence-corrected chi connectivity index (χ0v) is 29.0. The van der Waals surface area contributed by atoms with Gasteiger partial charge in [-0.05, 0) is 78.4 Å². The van der Waals surface area contributed by atoms with Crippen molar-refractivity contribution in [3.05, 3.63) is 89.6 Å². The molecule has 47 heavy (non-hydrogen) atoms. The molecule has 1 heterocycles. The first-order chi connectivity index (χ1) is 21.9. The number of hydrogen-bond acceptors (Lipinski definition) is 6. The van der Waals surface area contributed by atoms with E-state index in [0.717, 1.165) is 0 Å².